The van der Waals surface area contributed by atoms with Gasteiger partial charge in [0.1, 0.15) is 17.5 Å². The van der Waals surface area contributed by atoms with E-state index in [1.54, 1.807) is 0 Å². The first kappa shape index (κ1) is 16.2. The summed E-state index contributed by atoms with van der Waals surface area (Å²) in [7, 11) is 0. The number of aryl methyl sites for hydroxylation is 1. The fourth-order valence-electron chi connectivity index (χ4n) is 2.69. The Balaban J connectivity index is 1.79. The third kappa shape index (κ3) is 3.46. The largest absolute Gasteiger partial charge is 0.381 e. The number of hydrogen-bond donors (Lipinski definition) is 2. The summed E-state index contributed by atoms with van der Waals surface area (Å²) in [4.78, 5) is 8.59. The van der Waals surface area contributed by atoms with E-state index in [0.29, 0.717) is 29.9 Å². The Hall–Kier alpha value is -2.66. The van der Waals surface area contributed by atoms with Gasteiger partial charge < -0.3 is 15.4 Å². The number of nitrogens with one attached hydrogen (secondary N) is 2. The monoisotopic (exact) mass is 327 g/mol. The quantitative estimate of drug-likeness (QED) is 0.869. The number of ether oxygens (including phenoxy) is 1. The van der Waals surface area contributed by atoms with Gasteiger partial charge in [-0.2, -0.15) is 15.3 Å². The minimum Gasteiger partial charge on any atom is -0.381 e. The molecule has 126 valence electrons. The van der Waals surface area contributed by atoms with Crippen LogP contribution in [0.3, 0.4) is 0 Å². The highest BCUT2D eigenvalue weighted by Crippen LogP contribution is 2.25. The van der Waals surface area contributed by atoms with Crippen molar-refractivity contribution in [1.29, 1.82) is 5.26 Å². The molecule has 24 heavy (non-hydrogen) atoms. The maximum atomic E-state index is 9.10. The van der Waals surface area contributed by atoms with Gasteiger partial charge in [0.15, 0.2) is 0 Å². The molecule has 0 amide bonds. The predicted molar refractivity (Wildman–Crippen MR) is 90.2 cm³/mol. The van der Waals surface area contributed by atoms with E-state index in [1.807, 2.05) is 24.7 Å². The van der Waals surface area contributed by atoms with Gasteiger partial charge >= 0.3 is 0 Å². The SMILES string of the molecule is CCNc1nc(Nc2cn(C3CCOCC3)nc2C)ncc1C#N. The molecular weight excluding hydrogens is 306 g/mol. The van der Waals surface area contributed by atoms with Crippen molar-refractivity contribution in [2.24, 2.45) is 0 Å². The summed E-state index contributed by atoms with van der Waals surface area (Å²) in [6.45, 7) is 6.14. The zero-order chi connectivity index (χ0) is 16.9. The summed E-state index contributed by atoms with van der Waals surface area (Å²) >= 11 is 0. The fraction of sp³-hybridized carbons (Fsp3) is 0.500. The zero-order valence-corrected chi connectivity index (χ0v) is 13.9. The molecule has 0 radical (unpaired) electrons. The van der Waals surface area contributed by atoms with Gasteiger partial charge in [-0.05, 0) is 26.7 Å². The third-order valence-corrected chi connectivity index (χ3v) is 3.98. The third-order valence-electron chi connectivity index (χ3n) is 3.98. The molecule has 2 N–H and O–H groups in total. The second kappa shape index (κ2) is 7.27. The average Bonchev–Trinajstić information content (AvgIpc) is 2.97. The summed E-state index contributed by atoms with van der Waals surface area (Å²) in [6, 6.07) is 2.45. The standard InChI is InChI=1S/C16H21N7O/c1-3-18-15-12(8-17)9-19-16(21-15)20-14-10-23(22-11(14)2)13-4-6-24-7-5-13/h9-10,13H,3-7H2,1-2H3,(H2,18,19,20,21). The first-order chi connectivity index (χ1) is 11.7. The number of hydrogen-bond acceptors (Lipinski definition) is 7. The van der Waals surface area contributed by atoms with Crippen molar-refractivity contribution in [2.75, 3.05) is 30.4 Å². The zero-order valence-electron chi connectivity index (χ0n) is 13.9. The van der Waals surface area contributed by atoms with Crippen molar-refractivity contribution in [3.63, 3.8) is 0 Å². The van der Waals surface area contributed by atoms with Gasteiger partial charge in [-0.25, -0.2) is 4.98 Å². The van der Waals surface area contributed by atoms with Crippen LogP contribution in [0.1, 0.15) is 37.1 Å². The van der Waals surface area contributed by atoms with Crippen LogP contribution in [0.2, 0.25) is 0 Å². The number of nitriles is 1. The highest BCUT2D eigenvalue weighted by molar-refractivity contribution is 5.59. The van der Waals surface area contributed by atoms with Crippen molar-refractivity contribution in [3.8, 4) is 6.07 Å². The van der Waals surface area contributed by atoms with Gasteiger partial charge in [0.2, 0.25) is 5.95 Å². The second-order valence-corrected chi connectivity index (χ2v) is 5.67. The number of nitrogens with zero attached hydrogens (tertiary/aromatic N) is 5. The summed E-state index contributed by atoms with van der Waals surface area (Å²) in [5, 5.41) is 20.0. The van der Waals surface area contributed by atoms with Crippen LogP contribution >= 0.6 is 0 Å². The van der Waals surface area contributed by atoms with Crippen LogP contribution in [0.4, 0.5) is 17.5 Å². The average molecular weight is 327 g/mol. The van der Waals surface area contributed by atoms with Crippen molar-refractivity contribution >= 4 is 17.5 Å². The summed E-state index contributed by atoms with van der Waals surface area (Å²) in [5.74, 6) is 0.978. The predicted octanol–water partition coefficient (Wildman–Crippen LogP) is 2.38. The van der Waals surface area contributed by atoms with Crippen molar-refractivity contribution in [3.05, 3.63) is 23.7 Å². The first-order valence-corrected chi connectivity index (χ1v) is 8.12. The van der Waals surface area contributed by atoms with Gasteiger partial charge in [-0.3, -0.25) is 4.68 Å². The van der Waals surface area contributed by atoms with Crippen LogP contribution in [0.5, 0.6) is 0 Å². The fourth-order valence-corrected chi connectivity index (χ4v) is 2.69. The molecule has 0 aromatic carbocycles. The van der Waals surface area contributed by atoms with E-state index in [2.05, 4.69) is 31.8 Å². The lowest BCUT2D eigenvalue weighted by Crippen LogP contribution is -2.19. The van der Waals surface area contributed by atoms with Crippen molar-refractivity contribution < 1.29 is 4.74 Å². The number of anilines is 3. The summed E-state index contributed by atoms with van der Waals surface area (Å²) < 4.78 is 7.40. The molecule has 2 aromatic rings. The van der Waals surface area contributed by atoms with Crippen LogP contribution in [-0.2, 0) is 4.74 Å². The molecule has 3 rings (SSSR count). The Kier molecular flexibility index (Phi) is 4.91. The molecule has 0 aliphatic carbocycles. The molecule has 1 saturated heterocycles. The van der Waals surface area contributed by atoms with Crippen LogP contribution in [0.15, 0.2) is 12.4 Å². The first-order valence-electron chi connectivity index (χ1n) is 8.12. The Labute approximate surface area is 140 Å². The molecule has 8 nitrogen and oxygen atoms in total. The normalized spacial score (nSPS) is 15.0. The van der Waals surface area contributed by atoms with E-state index in [0.717, 1.165) is 37.4 Å². The van der Waals surface area contributed by atoms with Gasteiger partial charge in [-0.15, -0.1) is 0 Å². The molecule has 8 heteroatoms. The lowest BCUT2D eigenvalue weighted by molar-refractivity contribution is 0.0662. The van der Waals surface area contributed by atoms with E-state index in [9.17, 15) is 0 Å². The van der Waals surface area contributed by atoms with E-state index in [-0.39, 0.29) is 0 Å². The van der Waals surface area contributed by atoms with Crippen LogP contribution in [0, 0.1) is 18.3 Å². The Bertz CT molecular complexity index is 743. The van der Waals surface area contributed by atoms with Crippen LogP contribution in [0.25, 0.3) is 0 Å². The van der Waals surface area contributed by atoms with Crippen molar-refractivity contribution in [1.82, 2.24) is 19.7 Å². The topological polar surface area (TPSA) is 101 Å². The smallest absolute Gasteiger partial charge is 0.229 e. The Morgan fingerprint density at radius 1 is 1.42 bits per heavy atom. The van der Waals surface area contributed by atoms with Crippen LogP contribution in [-0.4, -0.2) is 39.5 Å². The molecule has 0 spiro atoms. The van der Waals surface area contributed by atoms with Gasteiger partial charge in [-0.1, -0.05) is 0 Å². The van der Waals surface area contributed by atoms with Crippen LogP contribution < -0.4 is 10.6 Å². The molecule has 0 atom stereocenters. The van der Waals surface area contributed by atoms with Gasteiger partial charge in [0, 0.05) is 26.0 Å². The molecule has 1 aliphatic heterocycles. The molecule has 0 unspecified atom stereocenters. The molecule has 1 fully saturated rings. The molecule has 2 aromatic heterocycles. The van der Waals surface area contributed by atoms with Crippen molar-refractivity contribution in [2.45, 2.75) is 32.7 Å². The molecule has 0 bridgehead atoms. The molecular formula is C16H21N7O. The maximum absolute atomic E-state index is 9.10. The highest BCUT2D eigenvalue weighted by Gasteiger charge is 2.18. The lowest BCUT2D eigenvalue weighted by Gasteiger charge is -2.22. The minimum atomic E-state index is 0.368. The lowest BCUT2D eigenvalue weighted by atomic mass is 10.1. The molecule has 0 saturated carbocycles. The maximum Gasteiger partial charge on any atom is 0.229 e. The highest BCUT2D eigenvalue weighted by atomic mass is 16.5. The number of rotatable bonds is 5. The van der Waals surface area contributed by atoms with Gasteiger partial charge in [0.05, 0.1) is 23.6 Å². The minimum absolute atomic E-state index is 0.368. The van der Waals surface area contributed by atoms with E-state index in [4.69, 9.17) is 10.00 Å². The van der Waals surface area contributed by atoms with E-state index >= 15 is 0 Å². The summed E-state index contributed by atoms with van der Waals surface area (Å²) in [5.41, 5.74) is 2.19. The second-order valence-electron chi connectivity index (χ2n) is 5.67. The number of aromatic nitrogens is 4. The van der Waals surface area contributed by atoms with E-state index < -0.39 is 0 Å². The molecule has 1 aliphatic rings. The Morgan fingerprint density at radius 3 is 2.92 bits per heavy atom. The molecule has 3 heterocycles. The van der Waals surface area contributed by atoms with Gasteiger partial charge in [0.25, 0.3) is 0 Å². The van der Waals surface area contributed by atoms with E-state index in [1.165, 1.54) is 6.20 Å². The Morgan fingerprint density at radius 2 is 2.21 bits per heavy atom. The summed E-state index contributed by atoms with van der Waals surface area (Å²) in [6.07, 6.45) is 5.45.